The lowest BCUT2D eigenvalue weighted by Gasteiger charge is -2.37. The highest BCUT2D eigenvalue weighted by Gasteiger charge is 2.32. The second kappa shape index (κ2) is 7.36. The molecule has 4 rings (SSSR count). The van der Waals surface area contributed by atoms with E-state index < -0.39 is 12.2 Å². The molecule has 3 heterocycles. The number of aliphatic hydroxyl groups excluding tert-OH is 1. The number of carbonyl (C=O) groups excluding carboxylic acids is 1. The van der Waals surface area contributed by atoms with E-state index in [9.17, 15) is 9.18 Å². The van der Waals surface area contributed by atoms with E-state index in [2.05, 4.69) is 14.9 Å². The van der Waals surface area contributed by atoms with E-state index in [1.54, 1.807) is 24.5 Å². The molecule has 8 nitrogen and oxygen atoms in total. The van der Waals surface area contributed by atoms with Crippen LogP contribution in [0.15, 0.2) is 36.9 Å². The van der Waals surface area contributed by atoms with E-state index in [4.69, 9.17) is 9.84 Å². The van der Waals surface area contributed by atoms with Gasteiger partial charge in [0.15, 0.2) is 0 Å². The van der Waals surface area contributed by atoms with Crippen LogP contribution in [0.25, 0.3) is 0 Å². The van der Waals surface area contributed by atoms with Crippen LogP contribution >= 0.6 is 0 Å². The lowest BCUT2D eigenvalue weighted by molar-refractivity contribution is 0.0963. The molecule has 9 heteroatoms. The number of halogens is 1. The van der Waals surface area contributed by atoms with Crippen molar-refractivity contribution in [3.63, 3.8) is 0 Å². The maximum atomic E-state index is 14.7. The Hall–Kier alpha value is -2.94. The van der Waals surface area contributed by atoms with Crippen molar-refractivity contribution < 1.29 is 19.0 Å². The summed E-state index contributed by atoms with van der Waals surface area (Å²) in [7, 11) is 0. The standard InChI is InChI=1S/C18H20FN5O3/c19-16-7-13(24-10-15(11-25)27-18(24)26)1-2-17(16)23-5-3-22(4-6-23)14-8-20-12-21-9-14/h1-2,7-9,12,15,25H,3-6,10-11H2/t15-/m1/s1. The van der Waals surface area contributed by atoms with Crippen molar-refractivity contribution in [3.8, 4) is 0 Å². The van der Waals surface area contributed by atoms with Crippen molar-refractivity contribution >= 4 is 23.2 Å². The number of ether oxygens (including phenoxy) is 1. The monoisotopic (exact) mass is 373 g/mol. The molecule has 1 aromatic carbocycles. The van der Waals surface area contributed by atoms with E-state index in [-0.39, 0.29) is 19.0 Å². The lowest BCUT2D eigenvalue weighted by atomic mass is 10.2. The molecule has 0 aliphatic carbocycles. The van der Waals surface area contributed by atoms with Crippen molar-refractivity contribution in [3.05, 3.63) is 42.7 Å². The Morgan fingerprint density at radius 1 is 1.11 bits per heavy atom. The van der Waals surface area contributed by atoms with Gasteiger partial charge >= 0.3 is 6.09 Å². The van der Waals surface area contributed by atoms with E-state index in [1.807, 2.05) is 4.90 Å². The lowest BCUT2D eigenvalue weighted by Crippen LogP contribution is -2.46. The number of benzene rings is 1. The molecule has 0 saturated carbocycles. The quantitative estimate of drug-likeness (QED) is 0.864. The summed E-state index contributed by atoms with van der Waals surface area (Å²) in [6, 6.07) is 4.73. The Bertz CT molecular complexity index is 814. The SMILES string of the molecule is O=C1O[C@@H](CO)CN1c1ccc(N2CCN(c3cncnc3)CC2)c(F)c1. The number of carbonyl (C=O) groups is 1. The molecule has 1 N–H and O–H groups in total. The fourth-order valence-corrected chi connectivity index (χ4v) is 3.41. The highest BCUT2D eigenvalue weighted by Crippen LogP contribution is 2.29. The maximum Gasteiger partial charge on any atom is 0.414 e. The Kier molecular flexibility index (Phi) is 4.76. The summed E-state index contributed by atoms with van der Waals surface area (Å²) in [6.07, 6.45) is 3.89. The van der Waals surface area contributed by atoms with Crippen LogP contribution in [0.5, 0.6) is 0 Å². The molecule has 0 unspecified atom stereocenters. The first-order chi connectivity index (χ1) is 13.2. The number of amides is 1. The van der Waals surface area contributed by atoms with Gasteiger partial charge in [0.05, 0.1) is 42.6 Å². The van der Waals surface area contributed by atoms with Crippen LogP contribution in [0.2, 0.25) is 0 Å². The molecule has 2 aliphatic rings. The maximum absolute atomic E-state index is 14.7. The second-order valence-electron chi connectivity index (χ2n) is 6.51. The topological polar surface area (TPSA) is 82.0 Å². The minimum Gasteiger partial charge on any atom is -0.441 e. The fraction of sp³-hybridized carbons (Fsp3) is 0.389. The second-order valence-corrected chi connectivity index (χ2v) is 6.51. The van der Waals surface area contributed by atoms with E-state index in [1.165, 1.54) is 17.3 Å². The average Bonchev–Trinajstić information content (AvgIpc) is 3.10. The molecule has 0 spiro atoms. The third-order valence-corrected chi connectivity index (χ3v) is 4.85. The van der Waals surface area contributed by atoms with Crippen molar-refractivity contribution in [1.82, 2.24) is 9.97 Å². The van der Waals surface area contributed by atoms with Gasteiger partial charge in [0, 0.05) is 26.2 Å². The third kappa shape index (κ3) is 3.50. The minimum absolute atomic E-state index is 0.214. The number of piperazine rings is 1. The van der Waals surface area contributed by atoms with Gasteiger partial charge in [0.1, 0.15) is 18.2 Å². The number of nitrogens with zero attached hydrogens (tertiary/aromatic N) is 5. The average molecular weight is 373 g/mol. The first kappa shape index (κ1) is 17.5. The predicted molar refractivity (Wildman–Crippen MR) is 97.6 cm³/mol. The van der Waals surface area contributed by atoms with Gasteiger partial charge in [-0.15, -0.1) is 0 Å². The van der Waals surface area contributed by atoms with Gasteiger partial charge in [-0.3, -0.25) is 4.90 Å². The largest absolute Gasteiger partial charge is 0.441 e. The molecule has 0 radical (unpaired) electrons. The van der Waals surface area contributed by atoms with Crippen LogP contribution in [0.4, 0.5) is 26.2 Å². The van der Waals surface area contributed by atoms with Crippen LogP contribution < -0.4 is 14.7 Å². The Labute approximate surface area is 155 Å². The number of cyclic esters (lactones) is 1. The van der Waals surface area contributed by atoms with Crippen molar-refractivity contribution in [2.75, 3.05) is 54.0 Å². The Morgan fingerprint density at radius 3 is 2.44 bits per heavy atom. The zero-order valence-electron chi connectivity index (χ0n) is 14.7. The van der Waals surface area contributed by atoms with Gasteiger partial charge in [-0.2, -0.15) is 0 Å². The van der Waals surface area contributed by atoms with Gasteiger partial charge in [0.25, 0.3) is 0 Å². The van der Waals surface area contributed by atoms with E-state index in [0.29, 0.717) is 24.5 Å². The first-order valence-corrected chi connectivity index (χ1v) is 8.79. The molecule has 0 bridgehead atoms. The van der Waals surface area contributed by atoms with E-state index >= 15 is 0 Å². The summed E-state index contributed by atoms with van der Waals surface area (Å²) in [5, 5.41) is 9.12. The van der Waals surface area contributed by atoms with Gasteiger partial charge in [-0.25, -0.2) is 19.2 Å². The third-order valence-electron chi connectivity index (χ3n) is 4.85. The number of hydrogen-bond donors (Lipinski definition) is 1. The van der Waals surface area contributed by atoms with Crippen molar-refractivity contribution in [2.24, 2.45) is 0 Å². The van der Waals surface area contributed by atoms with Gasteiger partial charge in [0.2, 0.25) is 0 Å². The van der Waals surface area contributed by atoms with Crippen LogP contribution in [0, 0.1) is 5.82 Å². The van der Waals surface area contributed by atoms with Crippen LogP contribution in [0.1, 0.15) is 0 Å². The number of aromatic nitrogens is 2. The smallest absolute Gasteiger partial charge is 0.414 e. The van der Waals surface area contributed by atoms with Crippen LogP contribution in [-0.2, 0) is 4.74 Å². The molecule has 1 amide bonds. The highest BCUT2D eigenvalue weighted by atomic mass is 19.1. The molecule has 27 heavy (non-hydrogen) atoms. The molecule has 2 saturated heterocycles. The van der Waals surface area contributed by atoms with Crippen LogP contribution in [-0.4, -0.2) is 66.6 Å². The number of aliphatic hydroxyl groups is 1. The predicted octanol–water partition coefficient (Wildman–Crippen LogP) is 1.26. The van der Waals surface area contributed by atoms with Crippen molar-refractivity contribution in [1.29, 1.82) is 0 Å². The number of rotatable bonds is 4. The first-order valence-electron chi connectivity index (χ1n) is 8.79. The number of anilines is 3. The molecule has 2 aromatic rings. The summed E-state index contributed by atoms with van der Waals surface area (Å²) in [5.41, 5.74) is 1.89. The molecule has 1 aromatic heterocycles. The summed E-state index contributed by atoms with van der Waals surface area (Å²) in [6.45, 7) is 2.79. The molecule has 142 valence electrons. The summed E-state index contributed by atoms with van der Waals surface area (Å²) < 4.78 is 19.7. The molecule has 1 atom stereocenters. The normalized spacial score (nSPS) is 20.1. The fourth-order valence-electron chi connectivity index (χ4n) is 3.41. The highest BCUT2D eigenvalue weighted by molar-refractivity contribution is 5.90. The van der Waals surface area contributed by atoms with Gasteiger partial charge in [-0.05, 0) is 18.2 Å². The molecule has 2 fully saturated rings. The molecular weight excluding hydrogens is 353 g/mol. The van der Waals surface area contributed by atoms with Crippen LogP contribution in [0.3, 0.4) is 0 Å². The zero-order valence-corrected chi connectivity index (χ0v) is 14.7. The Morgan fingerprint density at radius 2 is 1.81 bits per heavy atom. The van der Waals surface area contributed by atoms with Gasteiger partial charge < -0.3 is 19.6 Å². The minimum atomic E-state index is -0.574. The molecule has 2 aliphatic heterocycles. The summed E-state index contributed by atoms with van der Waals surface area (Å²) in [5.74, 6) is -0.385. The van der Waals surface area contributed by atoms with Crippen molar-refractivity contribution in [2.45, 2.75) is 6.10 Å². The Balaban J connectivity index is 1.44. The zero-order chi connectivity index (χ0) is 18.8. The summed E-state index contributed by atoms with van der Waals surface area (Å²) >= 11 is 0. The number of hydrogen-bond acceptors (Lipinski definition) is 7. The summed E-state index contributed by atoms with van der Waals surface area (Å²) in [4.78, 5) is 25.4. The molecular formula is C18H20FN5O3. The van der Waals surface area contributed by atoms with Gasteiger partial charge in [-0.1, -0.05) is 0 Å². The van der Waals surface area contributed by atoms with E-state index in [0.717, 1.165) is 18.8 Å².